The summed E-state index contributed by atoms with van der Waals surface area (Å²) in [6.45, 7) is 5.92. The summed E-state index contributed by atoms with van der Waals surface area (Å²) in [4.78, 5) is 10.5. The zero-order valence-electron chi connectivity index (χ0n) is 8.29. The molecule has 0 radical (unpaired) electrons. The first-order valence-corrected chi connectivity index (χ1v) is 4.35. The number of rotatable bonds is 2. The molecule has 0 amide bonds. The lowest BCUT2D eigenvalue weighted by molar-refractivity contribution is -0.104. The van der Waals surface area contributed by atoms with Gasteiger partial charge in [0.2, 0.25) is 0 Å². The number of aldehydes is 1. The number of carbonyl (C=O) groups is 1. The van der Waals surface area contributed by atoms with Crippen molar-refractivity contribution in [1.82, 2.24) is 0 Å². The normalized spacial score (nSPS) is 11.5. The Morgan fingerprint density at radius 3 is 2.23 bits per heavy atom. The van der Waals surface area contributed by atoms with Crippen LogP contribution in [0.4, 0.5) is 0 Å². The summed E-state index contributed by atoms with van der Waals surface area (Å²) in [5.74, 6) is 0. The molecule has 0 aliphatic heterocycles. The highest BCUT2D eigenvalue weighted by molar-refractivity contribution is 5.81. The fraction of sp³-hybridized carbons (Fsp3) is 0.250. The molecule has 0 heterocycles. The lowest BCUT2D eigenvalue weighted by Crippen LogP contribution is -1.87. The van der Waals surface area contributed by atoms with Gasteiger partial charge in [0.15, 0.2) is 0 Å². The first-order valence-electron chi connectivity index (χ1n) is 4.35. The van der Waals surface area contributed by atoms with Crippen molar-refractivity contribution < 1.29 is 4.79 Å². The van der Waals surface area contributed by atoms with E-state index < -0.39 is 0 Å². The maximum Gasteiger partial charge on any atom is 0.145 e. The fourth-order valence-corrected chi connectivity index (χ4v) is 1.32. The Bertz CT molecular complexity index is 328. The van der Waals surface area contributed by atoms with Gasteiger partial charge in [0, 0.05) is 0 Å². The minimum atomic E-state index is 0.761. The van der Waals surface area contributed by atoms with Gasteiger partial charge in [-0.25, -0.2) is 0 Å². The molecule has 1 heteroatoms. The Hall–Kier alpha value is -1.37. The highest BCUT2D eigenvalue weighted by Gasteiger charge is 1.98. The van der Waals surface area contributed by atoms with E-state index in [2.05, 4.69) is 26.0 Å². The maximum absolute atomic E-state index is 10.5. The third-order valence-electron chi connectivity index (χ3n) is 2.10. The van der Waals surface area contributed by atoms with Gasteiger partial charge in [0.05, 0.1) is 0 Å². The molecule has 0 aliphatic carbocycles. The van der Waals surface area contributed by atoms with Gasteiger partial charge in [-0.15, -0.1) is 0 Å². The Kier molecular flexibility index (Phi) is 3.02. The van der Waals surface area contributed by atoms with Crippen LogP contribution in [0.25, 0.3) is 6.08 Å². The Morgan fingerprint density at radius 2 is 1.77 bits per heavy atom. The van der Waals surface area contributed by atoms with Crippen LogP contribution in [0.2, 0.25) is 0 Å². The first-order chi connectivity index (χ1) is 6.15. The van der Waals surface area contributed by atoms with Crippen molar-refractivity contribution in [1.29, 1.82) is 0 Å². The summed E-state index contributed by atoms with van der Waals surface area (Å²) >= 11 is 0. The van der Waals surface area contributed by atoms with Gasteiger partial charge in [-0.05, 0) is 49.1 Å². The molecule has 0 saturated carbocycles. The molecular weight excluding hydrogens is 160 g/mol. The predicted molar refractivity (Wildman–Crippen MR) is 55.6 cm³/mol. The van der Waals surface area contributed by atoms with Crippen molar-refractivity contribution in [3.8, 4) is 0 Å². The number of benzene rings is 1. The second-order valence-electron chi connectivity index (χ2n) is 3.31. The van der Waals surface area contributed by atoms with Gasteiger partial charge >= 0.3 is 0 Å². The third kappa shape index (κ3) is 2.28. The van der Waals surface area contributed by atoms with Crippen LogP contribution in [0, 0.1) is 13.8 Å². The molecule has 0 spiro atoms. The van der Waals surface area contributed by atoms with Crippen LogP contribution in [0.5, 0.6) is 0 Å². The van der Waals surface area contributed by atoms with Gasteiger partial charge in [-0.2, -0.15) is 0 Å². The third-order valence-corrected chi connectivity index (χ3v) is 2.10. The molecule has 0 saturated heterocycles. The molecule has 13 heavy (non-hydrogen) atoms. The average Bonchev–Trinajstić information content (AvgIpc) is 2.11. The molecule has 68 valence electrons. The van der Waals surface area contributed by atoms with E-state index in [1.54, 1.807) is 0 Å². The summed E-state index contributed by atoms with van der Waals surface area (Å²) in [6.07, 6.45) is 2.81. The molecule has 0 bridgehead atoms. The summed E-state index contributed by atoms with van der Waals surface area (Å²) < 4.78 is 0. The summed E-state index contributed by atoms with van der Waals surface area (Å²) in [7, 11) is 0. The van der Waals surface area contributed by atoms with Crippen LogP contribution in [-0.2, 0) is 4.79 Å². The smallest absolute Gasteiger partial charge is 0.145 e. The number of carbonyl (C=O) groups excluding carboxylic acids is 1. The van der Waals surface area contributed by atoms with Gasteiger partial charge in [-0.3, -0.25) is 4.79 Å². The monoisotopic (exact) mass is 174 g/mol. The van der Waals surface area contributed by atoms with Crippen molar-refractivity contribution in [2.75, 3.05) is 0 Å². The molecule has 0 aromatic heterocycles. The molecule has 1 nitrogen and oxygen atoms in total. The van der Waals surface area contributed by atoms with Crippen LogP contribution >= 0.6 is 0 Å². The van der Waals surface area contributed by atoms with Gasteiger partial charge in [-0.1, -0.05) is 18.2 Å². The maximum atomic E-state index is 10.5. The highest BCUT2D eigenvalue weighted by Crippen LogP contribution is 2.16. The standard InChI is InChI=1S/C12H14O/c1-9(8-13)7-12-10(2)5-4-6-11(12)3/h4-8H,1-3H3/b9-7-. The molecule has 1 aromatic carbocycles. The van der Waals surface area contributed by atoms with E-state index in [0.29, 0.717) is 0 Å². The predicted octanol–water partition coefficient (Wildman–Crippen LogP) is 2.91. The topological polar surface area (TPSA) is 17.1 Å². The molecule has 0 atom stereocenters. The zero-order chi connectivity index (χ0) is 9.84. The van der Waals surface area contributed by atoms with E-state index in [0.717, 1.165) is 17.4 Å². The van der Waals surface area contributed by atoms with E-state index in [1.807, 2.05) is 19.1 Å². The number of hydrogen-bond donors (Lipinski definition) is 0. The van der Waals surface area contributed by atoms with E-state index in [4.69, 9.17) is 0 Å². The largest absolute Gasteiger partial charge is 0.298 e. The lowest BCUT2D eigenvalue weighted by atomic mass is 10.0. The lowest BCUT2D eigenvalue weighted by Gasteiger charge is -2.04. The van der Waals surface area contributed by atoms with Crippen LogP contribution in [-0.4, -0.2) is 6.29 Å². The molecule has 0 N–H and O–H groups in total. The minimum Gasteiger partial charge on any atom is -0.298 e. The SMILES string of the molecule is C/C(C=O)=C/c1c(C)cccc1C. The quantitative estimate of drug-likeness (QED) is 0.497. The molecule has 0 fully saturated rings. The van der Waals surface area contributed by atoms with Crippen molar-refractivity contribution in [3.63, 3.8) is 0 Å². The second-order valence-corrected chi connectivity index (χ2v) is 3.31. The Labute approximate surface area is 79.1 Å². The Balaban J connectivity index is 3.21. The van der Waals surface area contributed by atoms with Gasteiger partial charge in [0.1, 0.15) is 6.29 Å². The number of hydrogen-bond acceptors (Lipinski definition) is 1. The molecular formula is C12H14O. The van der Waals surface area contributed by atoms with E-state index >= 15 is 0 Å². The van der Waals surface area contributed by atoms with Crippen LogP contribution in [0.3, 0.4) is 0 Å². The van der Waals surface area contributed by atoms with Crippen molar-refractivity contribution in [2.45, 2.75) is 20.8 Å². The fourth-order valence-electron chi connectivity index (χ4n) is 1.32. The average molecular weight is 174 g/mol. The molecule has 1 rings (SSSR count). The van der Waals surface area contributed by atoms with Gasteiger partial charge in [0.25, 0.3) is 0 Å². The van der Waals surface area contributed by atoms with Crippen molar-refractivity contribution in [2.24, 2.45) is 0 Å². The van der Waals surface area contributed by atoms with Gasteiger partial charge < -0.3 is 0 Å². The first kappa shape index (κ1) is 9.72. The molecule has 0 aliphatic rings. The summed E-state index contributed by atoms with van der Waals surface area (Å²) in [5, 5.41) is 0. The number of aryl methyl sites for hydroxylation is 2. The molecule has 1 aromatic rings. The van der Waals surface area contributed by atoms with Crippen LogP contribution < -0.4 is 0 Å². The van der Waals surface area contributed by atoms with E-state index in [1.165, 1.54) is 11.1 Å². The Morgan fingerprint density at radius 1 is 1.23 bits per heavy atom. The van der Waals surface area contributed by atoms with Crippen molar-refractivity contribution in [3.05, 3.63) is 40.5 Å². The number of allylic oxidation sites excluding steroid dienone is 1. The van der Waals surface area contributed by atoms with E-state index in [9.17, 15) is 4.79 Å². The highest BCUT2D eigenvalue weighted by atomic mass is 16.1. The van der Waals surface area contributed by atoms with E-state index in [-0.39, 0.29) is 0 Å². The zero-order valence-corrected chi connectivity index (χ0v) is 8.29. The molecule has 0 unspecified atom stereocenters. The van der Waals surface area contributed by atoms with Crippen LogP contribution in [0.1, 0.15) is 23.6 Å². The second kappa shape index (κ2) is 4.04. The summed E-state index contributed by atoms with van der Waals surface area (Å²) in [6, 6.07) is 6.13. The van der Waals surface area contributed by atoms with Crippen molar-refractivity contribution >= 4 is 12.4 Å². The summed E-state index contributed by atoms with van der Waals surface area (Å²) in [5.41, 5.74) is 4.34. The minimum absolute atomic E-state index is 0.761. The van der Waals surface area contributed by atoms with Crippen LogP contribution in [0.15, 0.2) is 23.8 Å².